The fraction of sp³-hybridized carbons (Fsp3) is 0.714. The number of thiazole rings is 1. The van der Waals surface area contributed by atoms with E-state index in [2.05, 4.69) is 41.4 Å². The van der Waals surface area contributed by atoms with E-state index in [0.717, 1.165) is 30.4 Å². The Balaban J connectivity index is 1.68. The van der Waals surface area contributed by atoms with Gasteiger partial charge in [0.25, 0.3) is 0 Å². The van der Waals surface area contributed by atoms with Gasteiger partial charge >= 0.3 is 0 Å². The van der Waals surface area contributed by atoms with Gasteiger partial charge in [-0.3, -0.25) is 4.99 Å². The van der Waals surface area contributed by atoms with Crippen LogP contribution in [-0.2, 0) is 6.42 Å². The van der Waals surface area contributed by atoms with E-state index in [0.29, 0.717) is 10.7 Å². The number of aliphatic imine (C=N–C) groups is 1. The van der Waals surface area contributed by atoms with E-state index in [4.69, 9.17) is 0 Å². The molecule has 5 heteroatoms. The first-order valence-corrected chi connectivity index (χ1v) is 8.54. The van der Waals surface area contributed by atoms with Gasteiger partial charge in [-0.15, -0.1) is 11.3 Å². The van der Waals surface area contributed by atoms with Gasteiger partial charge in [-0.05, 0) is 18.8 Å². The summed E-state index contributed by atoms with van der Waals surface area (Å²) in [5.41, 5.74) is 1.51. The summed E-state index contributed by atoms with van der Waals surface area (Å²) in [4.78, 5) is 9.06. The highest BCUT2D eigenvalue weighted by Crippen LogP contribution is 2.31. The van der Waals surface area contributed by atoms with Gasteiger partial charge in [-0.25, -0.2) is 4.98 Å². The summed E-state index contributed by atoms with van der Waals surface area (Å²) < 4.78 is 0. The summed E-state index contributed by atoms with van der Waals surface area (Å²) in [6, 6.07) is 0. The molecule has 0 fully saturated rings. The lowest BCUT2D eigenvalue weighted by Crippen LogP contribution is -2.23. The normalized spacial score (nSPS) is 19.6. The van der Waals surface area contributed by atoms with E-state index in [-0.39, 0.29) is 0 Å². The molecule has 0 amide bonds. The molecule has 0 bridgehead atoms. The van der Waals surface area contributed by atoms with Crippen molar-refractivity contribution >= 4 is 28.3 Å². The van der Waals surface area contributed by atoms with Gasteiger partial charge in [0.2, 0.25) is 0 Å². The highest BCUT2D eigenvalue weighted by molar-refractivity contribution is 8.14. The molecule has 3 nitrogen and oxygen atoms in total. The minimum absolute atomic E-state index is 0.390. The molecule has 1 unspecified atom stereocenters. The smallest absolute Gasteiger partial charge is 0.156 e. The second kappa shape index (κ2) is 6.27. The molecule has 0 spiro atoms. The van der Waals surface area contributed by atoms with Crippen LogP contribution in [0.25, 0.3) is 0 Å². The number of amidine groups is 1. The molecule has 19 heavy (non-hydrogen) atoms. The van der Waals surface area contributed by atoms with Crippen LogP contribution in [0.15, 0.2) is 10.4 Å². The zero-order valence-corrected chi connectivity index (χ0v) is 13.8. The van der Waals surface area contributed by atoms with Crippen LogP contribution in [0, 0.1) is 12.3 Å². The minimum atomic E-state index is 0.390. The quantitative estimate of drug-likeness (QED) is 0.924. The van der Waals surface area contributed by atoms with Crippen molar-refractivity contribution in [1.29, 1.82) is 0 Å². The summed E-state index contributed by atoms with van der Waals surface area (Å²) in [5, 5.41) is 8.51. The monoisotopic (exact) mass is 297 g/mol. The zero-order valence-electron chi connectivity index (χ0n) is 12.2. The number of thioether (sulfide) groups is 1. The summed E-state index contributed by atoms with van der Waals surface area (Å²) in [7, 11) is 0. The molecule has 1 aliphatic heterocycles. The number of hydrogen-bond acceptors (Lipinski definition) is 5. The number of nitrogens with one attached hydrogen (secondary N) is 1. The van der Waals surface area contributed by atoms with Gasteiger partial charge in [0.15, 0.2) is 5.17 Å². The first-order valence-electron chi connectivity index (χ1n) is 6.78. The van der Waals surface area contributed by atoms with Gasteiger partial charge in [0, 0.05) is 29.3 Å². The first kappa shape index (κ1) is 14.9. The minimum Gasteiger partial charge on any atom is -0.364 e. The highest BCUT2D eigenvalue weighted by Gasteiger charge is 2.24. The average Bonchev–Trinajstić information content (AvgIpc) is 2.86. The van der Waals surface area contributed by atoms with E-state index in [1.165, 1.54) is 11.4 Å². The predicted octanol–water partition coefficient (Wildman–Crippen LogP) is 3.49. The van der Waals surface area contributed by atoms with Crippen molar-refractivity contribution in [2.24, 2.45) is 10.4 Å². The van der Waals surface area contributed by atoms with Gasteiger partial charge in [-0.1, -0.05) is 32.5 Å². The number of aryl methyl sites for hydroxylation is 1. The molecule has 106 valence electrons. The number of nitrogens with zero attached hydrogens (tertiary/aromatic N) is 2. The maximum atomic E-state index is 4.59. The Bertz CT molecular complexity index is 446. The Morgan fingerprint density at radius 3 is 2.84 bits per heavy atom. The molecular formula is C14H23N3S2. The average molecular weight is 297 g/mol. The van der Waals surface area contributed by atoms with E-state index >= 15 is 0 Å². The second-order valence-electron chi connectivity index (χ2n) is 6.21. The summed E-state index contributed by atoms with van der Waals surface area (Å²) >= 11 is 3.64. The van der Waals surface area contributed by atoms with Crippen LogP contribution < -0.4 is 5.32 Å². The fourth-order valence-corrected chi connectivity index (χ4v) is 4.26. The first-order chi connectivity index (χ1) is 8.92. The standard InChI is InChI=1S/C14H23N3S2/c1-10-9-18-12(17-10)5-6-15-13-16-8-11(19-13)7-14(2,3)4/h9,11H,5-8H2,1-4H3,(H,15,16). The van der Waals surface area contributed by atoms with E-state index in [9.17, 15) is 0 Å². The summed E-state index contributed by atoms with van der Waals surface area (Å²) in [6.45, 7) is 10.8. The van der Waals surface area contributed by atoms with E-state index in [1.54, 1.807) is 11.3 Å². The zero-order chi connectivity index (χ0) is 13.9. The van der Waals surface area contributed by atoms with Crippen LogP contribution in [0.5, 0.6) is 0 Å². The van der Waals surface area contributed by atoms with Crippen LogP contribution in [0.4, 0.5) is 0 Å². The van der Waals surface area contributed by atoms with E-state index < -0.39 is 0 Å². The predicted molar refractivity (Wildman–Crippen MR) is 86.3 cm³/mol. The largest absolute Gasteiger partial charge is 0.364 e. The lowest BCUT2D eigenvalue weighted by Gasteiger charge is -2.21. The molecule has 1 aliphatic rings. The van der Waals surface area contributed by atoms with Crippen LogP contribution in [0.2, 0.25) is 0 Å². The Kier molecular flexibility index (Phi) is 4.90. The lowest BCUT2D eigenvalue weighted by atomic mass is 9.90. The molecule has 1 N–H and O–H groups in total. The van der Waals surface area contributed by atoms with Crippen molar-refractivity contribution in [2.45, 2.75) is 45.8 Å². The Morgan fingerprint density at radius 1 is 1.42 bits per heavy atom. The van der Waals surface area contributed by atoms with Crippen LogP contribution >= 0.6 is 23.1 Å². The molecule has 0 aromatic carbocycles. The molecule has 0 saturated heterocycles. The molecule has 1 aromatic rings. The van der Waals surface area contributed by atoms with Crippen molar-refractivity contribution in [3.8, 4) is 0 Å². The molecule has 0 aliphatic carbocycles. The number of rotatable bonds is 4. The third-order valence-corrected chi connectivity index (χ3v) is 5.01. The molecule has 2 heterocycles. The summed E-state index contributed by atoms with van der Waals surface area (Å²) in [5.74, 6) is 0. The maximum Gasteiger partial charge on any atom is 0.156 e. The third kappa shape index (κ3) is 5.15. The Hall–Kier alpha value is -0.550. The van der Waals surface area contributed by atoms with Crippen molar-refractivity contribution < 1.29 is 0 Å². The molecule has 1 aromatic heterocycles. The number of hydrogen-bond donors (Lipinski definition) is 1. The Morgan fingerprint density at radius 2 is 2.21 bits per heavy atom. The van der Waals surface area contributed by atoms with Crippen LogP contribution in [0.3, 0.4) is 0 Å². The fourth-order valence-electron chi connectivity index (χ4n) is 2.10. The van der Waals surface area contributed by atoms with Gasteiger partial charge in [0.1, 0.15) is 0 Å². The van der Waals surface area contributed by atoms with Gasteiger partial charge in [0.05, 0.1) is 11.6 Å². The van der Waals surface area contributed by atoms with Crippen molar-refractivity contribution in [3.05, 3.63) is 16.1 Å². The van der Waals surface area contributed by atoms with Crippen molar-refractivity contribution in [1.82, 2.24) is 10.3 Å². The molecule has 1 atom stereocenters. The number of aromatic nitrogens is 1. The van der Waals surface area contributed by atoms with Crippen LogP contribution in [-0.4, -0.2) is 28.5 Å². The highest BCUT2D eigenvalue weighted by atomic mass is 32.2. The summed E-state index contributed by atoms with van der Waals surface area (Å²) in [6.07, 6.45) is 2.21. The van der Waals surface area contributed by atoms with Gasteiger partial charge < -0.3 is 5.32 Å². The lowest BCUT2D eigenvalue weighted by molar-refractivity contribution is 0.375. The molecule has 0 radical (unpaired) electrons. The Labute approximate surface area is 124 Å². The van der Waals surface area contributed by atoms with Crippen molar-refractivity contribution in [3.63, 3.8) is 0 Å². The molecule has 0 saturated carbocycles. The van der Waals surface area contributed by atoms with Crippen LogP contribution in [0.1, 0.15) is 37.9 Å². The topological polar surface area (TPSA) is 37.3 Å². The van der Waals surface area contributed by atoms with Crippen molar-refractivity contribution in [2.75, 3.05) is 13.1 Å². The second-order valence-corrected chi connectivity index (χ2v) is 8.44. The SMILES string of the molecule is Cc1csc(CCNC2=NCC(CC(C)(C)C)S2)n1. The molecule has 2 rings (SSSR count). The van der Waals surface area contributed by atoms with E-state index in [1.807, 2.05) is 18.7 Å². The molecular weight excluding hydrogens is 274 g/mol. The maximum absolute atomic E-state index is 4.59. The third-order valence-electron chi connectivity index (χ3n) is 2.84. The van der Waals surface area contributed by atoms with Gasteiger partial charge in [-0.2, -0.15) is 0 Å².